The molecule has 2 aliphatic heterocycles. The van der Waals surface area contributed by atoms with Crippen molar-refractivity contribution in [2.45, 2.75) is 19.3 Å². The zero-order valence-corrected chi connectivity index (χ0v) is 17.0. The minimum absolute atomic E-state index is 0.119. The van der Waals surface area contributed by atoms with Crippen LogP contribution >= 0.6 is 0 Å². The summed E-state index contributed by atoms with van der Waals surface area (Å²) in [5, 5.41) is 7.08. The number of anilines is 1. The number of nitrogens with zero attached hydrogens (tertiary/aromatic N) is 4. The second kappa shape index (κ2) is 8.63. The Labute approximate surface area is 179 Å². The molecular weight excluding hydrogens is 398 g/mol. The number of rotatable bonds is 4. The van der Waals surface area contributed by atoms with Gasteiger partial charge < -0.3 is 24.2 Å². The van der Waals surface area contributed by atoms with E-state index in [2.05, 4.69) is 20.4 Å². The SMILES string of the molecule is O=C(Nc1ccc2c(c1)OCCO2)N1CCCC(Cc2noc(-c3ccncc3)n2)C1. The molecule has 3 aromatic rings. The summed E-state index contributed by atoms with van der Waals surface area (Å²) in [5.74, 6) is 2.78. The van der Waals surface area contributed by atoms with Crippen molar-refractivity contribution in [2.75, 3.05) is 31.6 Å². The fraction of sp³-hybridized carbons (Fsp3) is 0.364. The number of nitrogens with one attached hydrogen (secondary N) is 1. The molecule has 9 heteroatoms. The van der Waals surface area contributed by atoms with Gasteiger partial charge in [-0.1, -0.05) is 5.16 Å². The lowest BCUT2D eigenvalue weighted by molar-refractivity contribution is 0.171. The first-order valence-corrected chi connectivity index (χ1v) is 10.4. The molecule has 9 nitrogen and oxygen atoms in total. The Hall–Kier alpha value is -3.62. The van der Waals surface area contributed by atoms with E-state index >= 15 is 0 Å². The molecule has 2 amide bonds. The molecule has 0 radical (unpaired) electrons. The number of benzene rings is 1. The predicted molar refractivity (Wildman–Crippen MR) is 112 cm³/mol. The number of amides is 2. The second-order valence-electron chi connectivity index (χ2n) is 7.70. The lowest BCUT2D eigenvalue weighted by atomic mass is 9.95. The molecule has 4 heterocycles. The number of fused-ring (bicyclic) bond motifs is 1. The maximum absolute atomic E-state index is 12.8. The molecule has 1 N–H and O–H groups in total. The van der Waals surface area contributed by atoms with Gasteiger partial charge in [-0.05, 0) is 43.0 Å². The highest BCUT2D eigenvalue weighted by Crippen LogP contribution is 2.33. The molecule has 1 fully saturated rings. The average molecular weight is 421 g/mol. The molecule has 1 saturated heterocycles. The van der Waals surface area contributed by atoms with Crippen molar-refractivity contribution >= 4 is 11.7 Å². The van der Waals surface area contributed by atoms with Crippen molar-refractivity contribution in [3.8, 4) is 23.0 Å². The van der Waals surface area contributed by atoms with Gasteiger partial charge in [-0.15, -0.1) is 0 Å². The monoisotopic (exact) mass is 421 g/mol. The van der Waals surface area contributed by atoms with Crippen LogP contribution in [0.15, 0.2) is 47.2 Å². The Kier molecular flexibility index (Phi) is 5.39. The number of likely N-dealkylation sites (tertiary alicyclic amines) is 1. The summed E-state index contributed by atoms with van der Waals surface area (Å²) in [6.07, 6.45) is 6.01. The fourth-order valence-corrected chi connectivity index (χ4v) is 3.95. The second-order valence-corrected chi connectivity index (χ2v) is 7.70. The van der Waals surface area contributed by atoms with E-state index in [1.165, 1.54) is 0 Å². The molecule has 0 bridgehead atoms. The van der Waals surface area contributed by atoms with Gasteiger partial charge >= 0.3 is 6.03 Å². The molecule has 31 heavy (non-hydrogen) atoms. The van der Waals surface area contributed by atoms with E-state index in [1.54, 1.807) is 18.5 Å². The highest BCUT2D eigenvalue weighted by Gasteiger charge is 2.26. The van der Waals surface area contributed by atoms with Crippen LogP contribution < -0.4 is 14.8 Å². The molecule has 1 aromatic carbocycles. The first-order chi connectivity index (χ1) is 15.2. The minimum Gasteiger partial charge on any atom is -0.486 e. The number of urea groups is 1. The van der Waals surface area contributed by atoms with Crippen molar-refractivity contribution in [2.24, 2.45) is 5.92 Å². The quantitative estimate of drug-likeness (QED) is 0.689. The van der Waals surface area contributed by atoms with E-state index in [-0.39, 0.29) is 11.9 Å². The summed E-state index contributed by atoms with van der Waals surface area (Å²) in [6, 6.07) is 9.00. The summed E-state index contributed by atoms with van der Waals surface area (Å²) in [4.78, 5) is 23.2. The first-order valence-electron chi connectivity index (χ1n) is 10.4. The molecule has 160 valence electrons. The van der Waals surface area contributed by atoms with Gasteiger partial charge in [0.05, 0.1) is 0 Å². The van der Waals surface area contributed by atoms with Gasteiger partial charge in [0, 0.05) is 49.2 Å². The standard InChI is InChI=1S/C22H23N5O4/c28-22(24-17-3-4-18-19(13-17)30-11-10-29-18)27-9-1-2-15(14-27)12-20-25-21(31-26-20)16-5-7-23-8-6-16/h3-8,13,15H,1-2,9-12,14H2,(H,24,28). The fourth-order valence-electron chi connectivity index (χ4n) is 3.95. The zero-order chi connectivity index (χ0) is 21.0. The van der Waals surface area contributed by atoms with Crippen LogP contribution in [0.3, 0.4) is 0 Å². The topological polar surface area (TPSA) is 103 Å². The predicted octanol–water partition coefficient (Wildman–Crippen LogP) is 3.39. The highest BCUT2D eigenvalue weighted by atomic mass is 16.6. The number of carbonyl (C=O) groups is 1. The first kappa shape index (κ1) is 19.3. The number of hydrogen-bond donors (Lipinski definition) is 1. The normalized spacial score (nSPS) is 17.9. The molecule has 2 aliphatic rings. The van der Waals surface area contributed by atoms with Crippen molar-refractivity contribution in [1.29, 1.82) is 0 Å². The molecule has 1 atom stereocenters. The van der Waals surface area contributed by atoms with Crippen molar-refractivity contribution < 1.29 is 18.8 Å². The lowest BCUT2D eigenvalue weighted by Gasteiger charge is -2.32. The smallest absolute Gasteiger partial charge is 0.321 e. The summed E-state index contributed by atoms with van der Waals surface area (Å²) in [7, 11) is 0. The molecule has 0 aliphatic carbocycles. The molecule has 5 rings (SSSR count). The minimum atomic E-state index is -0.119. The molecule has 2 aromatic heterocycles. The van der Waals surface area contributed by atoms with Gasteiger partial charge in [0.1, 0.15) is 13.2 Å². The third-order valence-corrected chi connectivity index (χ3v) is 5.47. The van der Waals surface area contributed by atoms with Crippen LogP contribution in [0.25, 0.3) is 11.5 Å². The Morgan fingerprint density at radius 3 is 2.84 bits per heavy atom. The van der Waals surface area contributed by atoms with Crippen LogP contribution in [-0.2, 0) is 6.42 Å². The van der Waals surface area contributed by atoms with Gasteiger partial charge in [0.25, 0.3) is 5.89 Å². The van der Waals surface area contributed by atoms with Crippen LogP contribution in [-0.4, -0.2) is 52.4 Å². The van der Waals surface area contributed by atoms with Crippen LogP contribution in [0.5, 0.6) is 11.5 Å². The number of carbonyl (C=O) groups excluding carboxylic acids is 1. The van der Waals surface area contributed by atoms with Crippen molar-refractivity contribution in [1.82, 2.24) is 20.0 Å². The van der Waals surface area contributed by atoms with Gasteiger partial charge in [-0.2, -0.15) is 4.98 Å². The Morgan fingerprint density at radius 1 is 1.13 bits per heavy atom. The molecular formula is C22H23N5O4. The van der Waals surface area contributed by atoms with Gasteiger partial charge in [0.15, 0.2) is 17.3 Å². The van der Waals surface area contributed by atoms with E-state index in [0.717, 1.165) is 24.9 Å². The number of piperidine rings is 1. The van der Waals surface area contributed by atoms with Gasteiger partial charge in [-0.25, -0.2) is 4.79 Å². The summed E-state index contributed by atoms with van der Waals surface area (Å²) in [5.41, 5.74) is 1.54. The third-order valence-electron chi connectivity index (χ3n) is 5.47. The Bertz CT molecular complexity index is 1060. The van der Waals surface area contributed by atoms with Crippen LogP contribution in [0.4, 0.5) is 10.5 Å². The average Bonchev–Trinajstić information content (AvgIpc) is 3.28. The van der Waals surface area contributed by atoms with E-state index in [4.69, 9.17) is 14.0 Å². The Morgan fingerprint density at radius 2 is 1.97 bits per heavy atom. The maximum atomic E-state index is 12.8. The summed E-state index contributed by atoms with van der Waals surface area (Å²) >= 11 is 0. The molecule has 0 saturated carbocycles. The van der Waals surface area contributed by atoms with Crippen LogP contribution in [0, 0.1) is 5.92 Å². The maximum Gasteiger partial charge on any atom is 0.321 e. The molecule has 0 spiro atoms. The highest BCUT2D eigenvalue weighted by molar-refractivity contribution is 5.89. The van der Waals surface area contributed by atoms with E-state index < -0.39 is 0 Å². The Balaban J connectivity index is 1.19. The van der Waals surface area contributed by atoms with Crippen LogP contribution in [0.1, 0.15) is 18.7 Å². The lowest BCUT2D eigenvalue weighted by Crippen LogP contribution is -2.42. The largest absolute Gasteiger partial charge is 0.486 e. The molecule has 1 unspecified atom stereocenters. The van der Waals surface area contributed by atoms with Gasteiger partial charge in [0.2, 0.25) is 0 Å². The summed E-state index contributed by atoms with van der Waals surface area (Å²) < 4.78 is 16.5. The number of hydrogen-bond acceptors (Lipinski definition) is 7. The van der Waals surface area contributed by atoms with Crippen molar-refractivity contribution in [3.05, 3.63) is 48.5 Å². The van der Waals surface area contributed by atoms with Gasteiger partial charge in [-0.3, -0.25) is 4.98 Å². The summed E-state index contributed by atoms with van der Waals surface area (Å²) in [6.45, 7) is 2.42. The van der Waals surface area contributed by atoms with Crippen LogP contribution in [0.2, 0.25) is 0 Å². The van der Waals surface area contributed by atoms with E-state index in [1.807, 2.05) is 29.2 Å². The number of pyridine rings is 1. The number of ether oxygens (including phenoxy) is 2. The zero-order valence-electron chi connectivity index (χ0n) is 17.0. The third kappa shape index (κ3) is 4.45. The van der Waals surface area contributed by atoms with Crippen molar-refractivity contribution in [3.63, 3.8) is 0 Å². The van der Waals surface area contributed by atoms with E-state index in [9.17, 15) is 4.79 Å². The van der Waals surface area contributed by atoms with E-state index in [0.29, 0.717) is 55.1 Å². The number of aromatic nitrogens is 3.